The Morgan fingerprint density at radius 3 is 2.73 bits per heavy atom. The van der Waals surface area contributed by atoms with E-state index < -0.39 is 0 Å². The second-order valence-corrected chi connectivity index (χ2v) is 6.86. The Kier molecular flexibility index (Phi) is 7.40. The van der Waals surface area contributed by atoms with Crippen LogP contribution in [0, 0.1) is 0 Å². The van der Waals surface area contributed by atoms with Crippen molar-refractivity contribution >= 4 is 5.91 Å². The Hall–Kier alpha value is -0.870. The molecule has 2 atom stereocenters. The van der Waals surface area contributed by atoms with E-state index in [4.69, 9.17) is 4.74 Å². The number of morpholine rings is 1. The smallest absolute Gasteiger partial charge is 0.224 e. The lowest BCUT2D eigenvalue weighted by Gasteiger charge is -2.35. The molecule has 0 unspecified atom stereocenters. The third-order valence-corrected chi connectivity index (χ3v) is 4.49. The number of carbonyl (C=O) groups excluding carboxylic acids is 1. The van der Waals surface area contributed by atoms with E-state index in [0.717, 1.165) is 51.9 Å². The van der Waals surface area contributed by atoms with Crippen LogP contribution in [0.4, 0.5) is 0 Å². The van der Waals surface area contributed by atoms with Crippen molar-refractivity contribution in [3.05, 3.63) is 11.6 Å². The third-order valence-electron chi connectivity index (χ3n) is 4.49. The molecule has 22 heavy (non-hydrogen) atoms. The molecule has 1 aliphatic carbocycles. The molecule has 1 amide bonds. The average molecular weight is 308 g/mol. The first-order valence-electron chi connectivity index (χ1n) is 8.96. The van der Waals surface area contributed by atoms with Crippen LogP contribution in [0.5, 0.6) is 0 Å². The Morgan fingerprint density at radius 2 is 2.05 bits per heavy atom. The van der Waals surface area contributed by atoms with Gasteiger partial charge in [0.2, 0.25) is 5.91 Å². The highest BCUT2D eigenvalue weighted by atomic mass is 16.5. The van der Waals surface area contributed by atoms with Crippen LogP contribution in [0.15, 0.2) is 11.6 Å². The van der Waals surface area contributed by atoms with E-state index in [1.54, 1.807) is 0 Å². The van der Waals surface area contributed by atoms with Gasteiger partial charge in [0.15, 0.2) is 0 Å². The fourth-order valence-corrected chi connectivity index (χ4v) is 3.49. The summed E-state index contributed by atoms with van der Waals surface area (Å²) in [7, 11) is 0. The van der Waals surface area contributed by atoms with E-state index in [2.05, 4.69) is 30.1 Å². The summed E-state index contributed by atoms with van der Waals surface area (Å²) in [6.45, 7) is 8.27. The number of carbonyl (C=O) groups is 1. The fourth-order valence-electron chi connectivity index (χ4n) is 3.49. The van der Waals surface area contributed by atoms with Gasteiger partial charge >= 0.3 is 0 Å². The maximum atomic E-state index is 11.9. The van der Waals surface area contributed by atoms with E-state index in [0.29, 0.717) is 18.6 Å². The number of nitrogens with one attached hydrogen (secondary N) is 1. The molecule has 0 aromatic rings. The van der Waals surface area contributed by atoms with Crippen molar-refractivity contribution in [1.82, 2.24) is 10.2 Å². The number of allylic oxidation sites excluding steroid dienone is 1. The molecule has 0 spiro atoms. The third kappa shape index (κ3) is 6.49. The SMILES string of the molecule is C[C@@H]1CN(CCCCNC(=O)CC2=CCCCC2)C[C@H](C)O1. The first-order valence-corrected chi connectivity index (χ1v) is 8.96. The summed E-state index contributed by atoms with van der Waals surface area (Å²) in [6.07, 6.45) is 10.5. The van der Waals surface area contributed by atoms with Crippen LogP contribution in [-0.2, 0) is 9.53 Å². The molecule has 4 nitrogen and oxygen atoms in total. The topological polar surface area (TPSA) is 41.6 Å². The van der Waals surface area contributed by atoms with Crippen molar-refractivity contribution < 1.29 is 9.53 Å². The molecule has 4 heteroatoms. The van der Waals surface area contributed by atoms with E-state index >= 15 is 0 Å². The quantitative estimate of drug-likeness (QED) is 0.581. The van der Waals surface area contributed by atoms with E-state index in [-0.39, 0.29) is 5.91 Å². The molecule has 2 rings (SSSR count). The Morgan fingerprint density at radius 1 is 1.27 bits per heavy atom. The molecule has 0 aromatic heterocycles. The summed E-state index contributed by atoms with van der Waals surface area (Å²) in [6, 6.07) is 0. The lowest BCUT2D eigenvalue weighted by atomic mass is 9.97. The molecule has 1 fully saturated rings. The summed E-state index contributed by atoms with van der Waals surface area (Å²) < 4.78 is 5.74. The standard InChI is InChI=1S/C18H32N2O2/c1-15-13-20(14-16(2)22-15)11-7-6-10-19-18(21)12-17-8-4-3-5-9-17/h8,15-16H,3-7,9-14H2,1-2H3,(H,19,21)/t15-,16+. The molecule has 1 N–H and O–H groups in total. The fraction of sp³-hybridized carbons (Fsp3) is 0.833. The van der Waals surface area contributed by atoms with E-state index in [1.807, 2.05) is 0 Å². The Balaban J connectivity index is 1.51. The average Bonchev–Trinajstić information content (AvgIpc) is 2.47. The van der Waals surface area contributed by atoms with Crippen molar-refractivity contribution in [2.45, 2.75) is 71.0 Å². The van der Waals surface area contributed by atoms with Gasteiger partial charge < -0.3 is 10.1 Å². The molecule has 0 saturated carbocycles. The number of amides is 1. The predicted octanol–water partition coefficient (Wildman–Crippen LogP) is 2.88. The summed E-state index contributed by atoms with van der Waals surface area (Å²) in [5, 5.41) is 3.06. The highest BCUT2D eigenvalue weighted by molar-refractivity contribution is 5.78. The van der Waals surface area contributed by atoms with E-state index in [9.17, 15) is 4.79 Å². The molecular weight excluding hydrogens is 276 g/mol. The van der Waals surface area contributed by atoms with Crippen LogP contribution in [0.1, 0.15) is 58.8 Å². The van der Waals surface area contributed by atoms with Gasteiger partial charge in [-0.1, -0.05) is 11.6 Å². The van der Waals surface area contributed by atoms with Crippen molar-refractivity contribution in [2.75, 3.05) is 26.2 Å². The van der Waals surface area contributed by atoms with E-state index in [1.165, 1.54) is 18.4 Å². The van der Waals surface area contributed by atoms with Gasteiger partial charge in [-0.2, -0.15) is 0 Å². The minimum atomic E-state index is 0.196. The summed E-state index contributed by atoms with van der Waals surface area (Å²) >= 11 is 0. The van der Waals surface area contributed by atoms with Crippen LogP contribution >= 0.6 is 0 Å². The van der Waals surface area contributed by atoms with Crippen LogP contribution in [0.2, 0.25) is 0 Å². The lowest BCUT2D eigenvalue weighted by molar-refractivity contribution is -0.120. The minimum absolute atomic E-state index is 0.196. The highest BCUT2D eigenvalue weighted by Gasteiger charge is 2.21. The van der Waals surface area contributed by atoms with Crippen LogP contribution in [-0.4, -0.2) is 49.2 Å². The van der Waals surface area contributed by atoms with Crippen LogP contribution in [0.25, 0.3) is 0 Å². The van der Waals surface area contributed by atoms with Gasteiger partial charge in [0.1, 0.15) is 0 Å². The minimum Gasteiger partial charge on any atom is -0.373 e. The van der Waals surface area contributed by atoms with Gasteiger partial charge in [-0.05, 0) is 58.9 Å². The normalized spacial score (nSPS) is 26.5. The maximum absolute atomic E-state index is 11.9. The first kappa shape index (κ1) is 17.5. The van der Waals surface area contributed by atoms with Gasteiger partial charge in [-0.15, -0.1) is 0 Å². The second-order valence-electron chi connectivity index (χ2n) is 6.86. The number of hydrogen-bond acceptors (Lipinski definition) is 3. The molecule has 0 aromatic carbocycles. The highest BCUT2D eigenvalue weighted by Crippen LogP contribution is 2.19. The first-order chi connectivity index (χ1) is 10.6. The molecule has 126 valence electrons. The summed E-state index contributed by atoms with van der Waals surface area (Å²) in [5.41, 5.74) is 1.33. The molecule has 0 bridgehead atoms. The van der Waals surface area contributed by atoms with Gasteiger partial charge in [-0.3, -0.25) is 9.69 Å². The van der Waals surface area contributed by atoms with Crippen LogP contribution in [0.3, 0.4) is 0 Å². The Labute approximate surface area is 135 Å². The second kappa shape index (κ2) is 9.31. The summed E-state index contributed by atoms with van der Waals surface area (Å²) in [5.74, 6) is 0.196. The number of rotatable bonds is 7. The predicted molar refractivity (Wildman–Crippen MR) is 89.9 cm³/mol. The zero-order valence-corrected chi connectivity index (χ0v) is 14.3. The molecule has 1 heterocycles. The molecular formula is C18H32N2O2. The zero-order valence-electron chi connectivity index (χ0n) is 14.3. The largest absolute Gasteiger partial charge is 0.373 e. The van der Waals surface area contributed by atoms with Gasteiger partial charge in [0.05, 0.1) is 12.2 Å². The Bertz CT molecular complexity index is 371. The van der Waals surface area contributed by atoms with Crippen molar-refractivity contribution in [3.8, 4) is 0 Å². The van der Waals surface area contributed by atoms with Crippen LogP contribution < -0.4 is 5.32 Å². The summed E-state index contributed by atoms with van der Waals surface area (Å²) in [4.78, 5) is 14.4. The lowest BCUT2D eigenvalue weighted by Crippen LogP contribution is -2.45. The van der Waals surface area contributed by atoms with Crippen molar-refractivity contribution in [3.63, 3.8) is 0 Å². The monoisotopic (exact) mass is 308 g/mol. The number of nitrogens with zero attached hydrogens (tertiary/aromatic N) is 1. The maximum Gasteiger partial charge on any atom is 0.224 e. The van der Waals surface area contributed by atoms with Crippen molar-refractivity contribution in [2.24, 2.45) is 0 Å². The number of unbranched alkanes of at least 4 members (excludes halogenated alkanes) is 1. The number of ether oxygens (including phenoxy) is 1. The van der Waals surface area contributed by atoms with Crippen molar-refractivity contribution in [1.29, 1.82) is 0 Å². The van der Waals surface area contributed by atoms with Gasteiger partial charge in [-0.25, -0.2) is 0 Å². The zero-order chi connectivity index (χ0) is 15.8. The molecule has 1 saturated heterocycles. The molecule has 2 aliphatic rings. The molecule has 0 radical (unpaired) electrons. The van der Waals surface area contributed by atoms with Gasteiger partial charge in [0, 0.05) is 26.1 Å². The van der Waals surface area contributed by atoms with Gasteiger partial charge in [0.25, 0.3) is 0 Å². The number of hydrogen-bond donors (Lipinski definition) is 1. The molecule has 1 aliphatic heterocycles.